The molecule has 0 aliphatic rings. The molecule has 0 aromatic heterocycles. The van der Waals surface area contributed by atoms with Crippen molar-refractivity contribution < 1.29 is 9.90 Å². The third-order valence-corrected chi connectivity index (χ3v) is 5.23. The number of rotatable bonds is 0. The normalized spacial score (nSPS) is 12.1. The highest BCUT2D eigenvalue weighted by Gasteiger charge is 2.29. The van der Waals surface area contributed by atoms with E-state index >= 15 is 0 Å². The second-order valence-electron chi connectivity index (χ2n) is 4.05. The topological polar surface area (TPSA) is 37.3 Å². The summed E-state index contributed by atoms with van der Waals surface area (Å²) in [5.74, 6) is -1.46. The van der Waals surface area contributed by atoms with E-state index in [9.17, 15) is 4.79 Å². The lowest BCUT2D eigenvalue weighted by Gasteiger charge is -2.20. The van der Waals surface area contributed by atoms with Crippen LogP contribution in [0.3, 0.4) is 0 Å². The zero-order chi connectivity index (χ0) is 12.2. The number of carboxylic acid groups (broad SMARTS) is 1. The fraction of sp³-hybridized carbons (Fsp3) is 0.875. The van der Waals surface area contributed by atoms with Crippen LogP contribution in [0.4, 0.5) is 0 Å². The van der Waals surface area contributed by atoms with E-state index in [0.717, 1.165) is 0 Å². The molecular weight excluding hydrogens is 263 g/mol. The average molecular weight is 279 g/mol. The van der Waals surface area contributed by atoms with E-state index in [1.165, 1.54) is 0 Å². The number of aliphatic carboxylic acids is 1. The van der Waals surface area contributed by atoms with Crippen LogP contribution in [0.15, 0.2) is 0 Å². The summed E-state index contributed by atoms with van der Waals surface area (Å²) in [7, 11) is -0.0502. The van der Waals surface area contributed by atoms with Gasteiger partial charge in [0.05, 0.1) is 0 Å². The Hall–Kier alpha value is 0.557. The summed E-state index contributed by atoms with van der Waals surface area (Å²) in [5.41, 5.74) is 0. The number of alkyl halides is 3. The number of halogens is 3. The van der Waals surface area contributed by atoms with Crippen LogP contribution in [0, 0.1) is 0 Å². The van der Waals surface area contributed by atoms with Crippen molar-refractivity contribution in [3.8, 4) is 0 Å². The molecule has 14 heavy (non-hydrogen) atoms. The van der Waals surface area contributed by atoms with Crippen LogP contribution in [0.2, 0.25) is 18.1 Å². The van der Waals surface area contributed by atoms with Crippen LogP contribution in [-0.2, 0) is 4.79 Å². The van der Waals surface area contributed by atoms with Crippen molar-refractivity contribution in [2.75, 3.05) is 0 Å². The highest BCUT2D eigenvalue weighted by molar-refractivity contribution is 6.75. The molecule has 0 spiro atoms. The van der Waals surface area contributed by atoms with E-state index < -0.39 is 9.76 Å². The molecule has 0 aliphatic carbocycles. The first kappa shape index (κ1) is 17.0. The molecule has 85 valence electrons. The zero-order valence-corrected chi connectivity index (χ0v) is 12.3. The predicted molar refractivity (Wildman–Crippen MR) is 65.1 cm³/mol. The second-order valence-corrected chi connectivity index (χ2v) is 9.83. The standard InChI is InChI=1S/C6H15Si.C2HCl3O2/c1-6(2,3)7(4)5;3-2(4,5)1(6)7/h1-5H3;(H,6,7). The summed E-state index contributed by atoms with van der Waals surface area (Å²) >= 11 is 14.4. The van der Waals surface area contributed by atoms with Crippen molar-refractivity contribution in [1.82, 2.24) is 0 Å². The van der Waals surface area contributed by atoms with Gasteiger partial charge >= 0.3 is 5.97 Å². The molecule has 0 amide bonds. The maximum absolute atomic E-state index is 9.62. The quantitative estimate of drug-likeness (QED) is 0.537. The summed E-state index contributed by atoms with van der Waals surface area (Å²) in [6, 6.07) is 0. The van der Waals surface area contributed by atoms with Gasteiger partial charge in [-0.1, -0.05) is 68.7 Å². The van der Waals surface area contributed by atoms with Crippen LogP contribution in [0.5, 0.6) is 0 Å². The monoisotopic (exact) mass is 277 g/mol. The molecule has 0 saturated carbocycles. The number of carbonyl (C=O) groups is 1. The SMILES string of the molecule is C[Si](C)C(C)(C)C.O=C(O)C(Cl)(Cl)Cl. The summed E-state index contributed by atoms with van der Waals surface area (Å²) in [5, 5.41) is 8.46. The van der Waals surface area contributed by atoms with Crippen molar-refractivity contribution in [2.45, 2.75) is 42.7 Å². The van der Waals surface area contributed by atoms with Gasteiger partial charge in [0.2, 0.25) is 0 Å². The lowest BCUT2D eigenvalue weighted by atomic mass is 10.2. The molecule has 0 saturated heterocycles. The molecule has 2 nitrogen and oxygen atoms in total. The predicted octanol–water partition coefficient (Wildman–Crippen LogP) is 3.98. The van der Waals surface area contributed by atoms with Crippen LogP contribution < -0.4 is 0 Å². The maximum Gasteiger partial charge on any atom is 0.356 e. The minimum Gasteiger partial charge on any atom is -0.478 e. The van der Waals surface area contributed by atoms with E-state index in [4.69, 9.17) is 39.9 Å². The highest BCUT2D eigenvalue weighted by Crippen LogP contribution is 2.26. The molecule has 0 aliphatic heterocycles. The Morgan fingerprint density at radius 3 is 1.29 bits per heavy atom. The minimum absolute atomic E-state index is 0.0502. The van der Waals surface area contributed by atoms with Crippen molar-refractivity contribution in [3.05, 3.63) is 0 Å². The van der Waals surface area contributed by atoms with Gasteiger partial charge in [-0.3, -0.25) is 0 Å². The van der Waals surface area contributed by atoms with Crippen LogP contribution >= 0.6 is 34.8 Å². The van der Waals surface area contributed by atoms with Gasteiger partial charge in [-0.05, 0) is 5.04 Å². The third-order valence-electron chi connectivity index (χ3n) is 1.74. The van der Waals surface area contributed by atoms with Crippen LogP contribution in [0.25, 0.3) is 0 Å². The number of carboxylic acids is 1. The van der Waals surface area contributed by atoms with Crippen molar-refractivity contribution in [1.29, 1.82) is 0 Å². The molecule has 0 aromatic carbocycles. The molecule has 6 heteroatoms. The van der Waals surface area contributed by atoms with Gasteiger partial charge in [-0.25, -0.2) is 4.79 Å². The highest BCUT2D eigenvalue weighted by atomic mass is 35.6. The molecule has 0 unspecified atom stereocenters. The zero-order valence-electron chi connectivity index (χ0n) is 8.99. The van der Waals surface area contributed by atoms with E-state index in [2.05, 4.69) is 33.9 Å². The van der Waals surface area contributed by atoms with E-state index in [1.54, 1.807) is 0 Å². The van der Waals surface area contributed by atoms with Crippen molar-refractivity contribution in [3.63, 3.8) is 0 Å². The number of hydrogen-bond donors (Lipinski definition) is 1. The molecule has 1 radical (unpaired) electrons. The van der Waals surface area contributed by atoms with Gasteiger partial charge in [0.15, 0.2) is 0 Å². The van der Waals surface area contributed by atoms with Gasteiger partial charge in [-0.15, -0.1) is 0 Å². The molecule has 0 aromatic rings. The fourth-order valence-electron chi connectivity index (χ4n) is 0. The van der Waals surface area contributed by atoms with E-state index in [0.29, 0.717) is 5.04 Å². The lowest BCUT2D eigenvalue weighted by Crippen LogP contribution is -2.16. The second kappa shape index (κ2) is 6.21. The Morgan fingerprint density at radius 1 is 1.14 bits per heavy atom. The Labute approximate surface area is 102 Å². The minimum atomic E-state index is -2.17. The first-order valence-corrected chi connectivity index (χ1v) is 7.63. The molecule has 0 fully saturated rings. The number of hydrogen-bond acceptors (Lipinski definition) is 1. The summed E-state index contributed by atoms with van der Waals surface area (Å²) in [6.07, 6.45) is 0. The van der Waals surface area contributed by atoms with Crippen molar-refractivity contribution >= 4 is 49.6 Å². The van der Waals surface area contributed by atoms with Gasteiger partial charge in [-0.2, -0.15) is 0 Å². The largest absolute Gasteiger partial charge is 0.478 e. The molecule has 0 atom stereocenters. The third kappa shape index (κ3) is 10.6. The fourth-order valence-corrected chi connectivity index (χ4v) is 0. The Balaban J connectivity index is 0. The van der Waals surface area contributed by atoms with Gasteiger partial charge in [0, 0.05) is 8.80 Å². The first-order valence-electron chi connectivity index (χ1n) is 3.99. The Bertz CT molecular complexity index is 182. The van der Waals surface area contributed by atoms with Gasteiger partial charge < -0.3 is 5.11 Å². The van der Waals surface area contributed by atoms with E-state index in [-0.39, 0.29) is 8.80 Å². The Kier molecular flexibility index (Phi) is 7.52. The maximum atomic E-state index is 9.62. The lowest BCUT2D eigenvalue weighted by molar-refractivity contribution is -0.135. The molecule has 0 bridgehead atoms. The van der Waals surface area contributed by atoms with Gasteiger partial charge in [0.1, 0.15) is 0 Å². The first-order chi connectivity index (χ1) is 5.89. The molecule has 0 heterocycles. The average Bonchev–Trinajstić information content (AvgIpc) is 1.83. The summed E-state index contributed by atoms with van der Waals surface area (Å²) < 4.78 is -2.17. The molecule has 1 N–H and O–H groups in total. The van der Waals surface area contributed by atoms with E-state index in [1.807, 2.05) is 0 Å². The van der Waals surface area contributed by atoms with Crippen LogP contribution in [-0.4, -0.2) is 23.7 Å². The molecular formula is C8H16Cl3O2Si. The van der Waals surface area contributed by atoms with Gasteiger partial charge in [0.25, 0.3) is 3.79 Å². The molecule has 0 rings (SSSR count). The smallest absolute Gasteiger partial charge is 0.356 e. The van der Waals surface area contributed by atoms with Crippen LogP contribution in [0.1, 0.15) is 20.8 Å². The Morgan fingerprint density at radius 2 is 1.29 bits per heavy atom. The van der Waals surface area contributed by atoms with Crippen molar-refractivity contribution in [2.24, 2.45) is 0 Å². The summed E-state index contributed by atoms with van der Waals surface area (Å²) in [6.45, 7) is 11.6. The summed E-state index contributed by atoms with van der Waals surface area (Å²) in [4.78, 5) is 9.62.